The number of rotatable bonds is 4. The van der Waals surface area contributed by atoms with Crippen LogP contribution in [0.1, 0.15) is 36.7 Å². The number of halogens is 1. The summed E-state index contributed by atoms with van der Waals surface area (Å²) in [6.45, 7) is 2.60. The van der Waals surface area contributed by atoms with Gasteiger partial charge in [0.1, 0.15) is 6.04 Å². The molecule has 2 heterocycles. The largest absolute Gasteiger partial charge is 0.464 e. The molecule has 1 aliphatic heterocycles. The summed E-state index contributed by atoms with van der Waals surface area (Å²) in [5.41, 5.74) is 1.07. The van der Waals surface area contributed by atoms with Crippen LogP contribution in [-0.2, 0) is 9.53 Å². The average Bonchev–Trinajstić information content (AvgIpc) is 3.11. The van der Waals surface area contributed by atoms with E-state index in [0.29, 0.717) is 30.3 Å². The summed E-state index contributed by atoms with van der Waals surface area (Å²) in [7, 11) is 0. The first kappa shape index (κ1) is 17.5. The smallest absolute Gasteiger partial charge is 0.328 e. The van der Waals surface area contributed by atoms with E-state index in [4.69, 9.17) is 16.3 Å². The number of carbonyl (C=O) groups is 2. The highest BCUT2D eigenvalue weighted by atomic mass is 35.5. The minimum Gasteiger partial charge on any atom is -0.464 e. The molecule has 0 spiro atoms. The van der Waals surface area contributed by atoms with Crippen LogP contribution in [0, 0.1) is 0 Å². The number of amides is 1. The van der Waals surface area contributed by atoms with Gasteiger partial charge in [0, 0.05) is 17.8 Å². The van der Waals surface area contributed by atoms with Crippen molar-refractivity contribution in [3.63, 3.8) is 0 Å². The van der Waals surface area contributed by atoms with Crippen LogP contribution >= 0.6 is 11.6 Å². The summed E-state index contributed by atoms with van der Waals surface area (Å²) < 4.78 is 6.71. The van der Waals surface area contributed by atoms with Crippen molar-refractivity contribution in [2.75, 3.05) is 13.2 Å². The highest BCUT2D eigenvalue weighted by Gasteiger charge is 2.34. The molecule has 7 heteroatoms. The second kappa shape index (κ2) is 7.70. The van der Waals surface area contributed by atoms with Gasteiger partial charge in [0.25, 0.3) is 5.91 Å². The van der Waals surface area contributed by atoms with E-state index >= 15 is 0 Å². The Bertz CT molecular complexity index is 774. The van der Waals surface area contributed by atoms with E-state index in [0.717, 1.165) is 18.5 Å². The van der Waals surface area contributed by atoms with E-state index in [-0.39, 0.29) is 11.9 Å². The normalized spacial score (nSPS) is 17.4. The minimum atomic E-state index is -0.530. The van der Waals surface area contributed by atoms with E-state index in [2.05, 4.69) is 5.10 Å². The van der Waals surface area contributed by atoms with Crippen molar-refractivity contribution in [1.82, 2.24) is 14.7 Å². The number of piperidine rings is 1. The van der Waals surface area contributed by atoms with E-state index in [9.17, 15) is 9.59 Å². The topological polar surface area (TPSA) is 64.4 Å². The van der Waals surface area contributed by atoms with Gasteiger partial charge in [-0.3, -0.25) is 4.79 Å². The standard InChI is InChI=1S/C18H20ClN3O3/c1-2-25-18(24)16-8-3-4-10-21(16)17(23)15-9-11-22(20-15)14-7-5-6-13(19)12-14/h5-7,9,11-12,16H,2-4,8,10H2,1H3. The zero-order chi connectivity index (χ0) is 17.8. The number of carbonyl (C=O) groups excluding carboxylic acids is 2. The van der Waals surface area contributed by atoms with E-state index in [1.54, 1.807) is 40.9 Å². The van der Waals surface area contributed by atoms with Gasteiger partial charge >= 0.3 is 5.97 Å². The lowest BCUT2D eigenvalue weighted by atomic mass is 10.0. The van der Waals surface area contributed by atoms with Crippen LogP contribution in [0.15, 0.2) is 36.5 Å². The molecular formula is C18H20ClN3O3. The van der Waals surface area contributed by atoms with Crippen molar-refractivity contribution in [3.8, 4) is 5.69 Å². The number of hydrogen-bond acceptors (Lipinski definition) is 4. The van der Waals surface area contributed by atoms with Crippen molar-refractivity contribution in [2.24, 2.45) is 0 Å². The lowest BCUT2D eigenvalue weighted by Gasteiger charge is -2.33. The molecular weight excluding hydrogens is 342 g/mol. The minimum absolute atomic E-state index is 0.251. The number of ether oxygens (including phenoxy) is 1. The van der Waals surface area contributed by atoms with Gasteiger partial charge in [-0.2, -0.15) is 5.10 Å². The van der Waals surface area contributed by atoms with Crippen LogP contribution in [0.25, 0.3) is 5.69 Å². The number of nitrogens with zero attached hydrogens (tertiary/aromatic N) is 3. The molecule has 0 aliphatic carbocycles. The Kier molecular flexibility index (Phi) is 5.38. The molecule has 0 N–H and O–H groups in total. The van der Waals surface area contributed by atoms with Crippen molar-refractivity contribution >= 4 is 23.5 Å². The van der Waals surface area contributed by atoms with E-state index < -0.39 is 6.04 Å². The van der Waals surface area contributed by atoms with Gasteiger partial charge in [0.2, 0.25) is 0 Å². The van der Waals surface area contributed by atoms with Crippen LogP contribution in [0.5, 0.6) is 0 Å². The Morgan fingerprint density at radius 2 is 2.16 bits per heavy atom. The Labute approximate surface area is 151 Å². The fraction of sp³-hybridized carbons (Fsp3) is 0.389. The zero-order valence-electron chi connectivity index (χ0n) is 14.0. The maximum Gasteiger partial charge on any atom is 0.328 e. The summed E-state index contributed by atoms with van der Waals surface area (Å²) in [5, 5.41) is 4.95. The Balaban J connectivity index is 1.81. The summed E-state index contributed by atoms with van der Waals surface area (Å²) in [6, 6.07) is 8.35. The third kappa shape index (κ3) is 3.85. The molecule has 3 rings (SSSR count). The fourth-order valence-electron chi connectivity index (χ4n) is 3.01. The second-order valence-corrected chi connectivity index (χ2v) is 6.32. The Hall–Kier alpha value is -2.34. The molecule has 1 fully saturated rings. The Morgan fingerprint density at radius 3 is 2.92 bits per heavy atom. The molecule has 2 aromatic rings. The van der Waals surface area contributed by atoms with Crippen LogP contribution in [0.3, 0.4) is 0 Å². The molecule has 0 saturated carbocycles. The molecule has 1 aliphatic rings. The van der Waals surface area contributed by atoms with Crippen LogP contribution < -0.4 is 0 Å². The summed E-state index contributed by atoms with van der Waals surface area (Å²) in [6.07, 6.45) is 4.11. The van der Waals surface area contributed by atoms with Gasteiger partial charge < -0.3 is 9.64 Å². The molecule has 1 unspecified atom stereocenters. The molecule has 132 valence electrons. The average molecular weight is 362 g/mol. The highest BCUT2D eigenvalue weighted by Crippen LogP contribution is 2.21. The SMILES string of the molecule is CCOC(=O)C1CCCCN1C(=O)c1ccn(-c2cccc(Cl)c2)n1. The number of likely N-dealkylation sites (tertiary alicyclic amines) is 1. The summed E-state index contributed by atoms with van der Waals surface area (Å²) in [5.74, 6) is -0.594. The third-order valence-corrected chi connectivity index (χ3v) is 4.44. The third-order valence-electron chi connectivity index (χ3n) is 4.20. The predicted molar refractivity (Wildman–Crippen MR) is 93.9 cm³/mol. The van der Waals surface area contributed by atoms with Crippen molar-refractivity contribution < 1.29 is 14.3 Å². The second-order valence-electron chi connectivity index (χ2n) is 5.89. The fourth-order valence-corrected chi connectivity index (χ4v) is 3.19. The van der Waals surface area contributed by atoms with Crippen molar-refractivity contribution in [3.05, 3.63) is 47.2 Å². The van der Waals surface area contributed by atoms with Gasteiger partial charge in [0.05, 0.1) is 12.3 Å². The van der Waals surface area contributed by atoms with Gasteiger partial charge in [-0.05, 0) is 50.5 Å². The maximum atomic E-state index is 12.8. The van der Waals surface area contributed by atoms with Gasteiger partial charge in [-0.1, -0.05) is 17.7 Å². The molecule has 1 amide bonds. The Morgan fingerprint density at radius 1 is 1.32 bits per heavy atom. The van der Waals surface area contributed by atoms with E-state index in [1.165, 1.54) is 0 Å². The van der Waals surface area contributed by atoms with Gasteiger partial charge in [-0.25, -0.2) is 9.48 Å². The van der Waals surface area contributed by atoms with Crippen LogP contribution in [0.2, 0.25) is 5.02 Å². The number of aromatic nitrogens is 2. The van der Waals surface area contributed by atoms with Crippen LogP contribution in [-0.4, -0.2) is 45.8 Å². The first-order chi connectivity index (χ1) is 12.1. The predicted octanol–water partition coefficient (Wildman–Crippen LogP) is 3.08. The summed E-state index contributed by atoms with van der Waals surface area (Å²) in [4.78, 5) is 26.6. The molecule has 6 nitrogen and oxygen atoms in total. The lowest BCUT2D eigenvalue weighted by Crippen LogP contribution is -2.48. The van der Waals surface area contributed by atoms with Crippen molar-refractivity contribution in [2.45, 2.75) is 32.2 Å². The quantitative estimate of drug-likeness (QED) is 0.785. The molecule has 1 atom stereocenters. The molecule has 1 aromatic heterocycles. The molecule has 1 aromatic carbocycles. The van der Waals surface area contributed by atoms with Gasteiger partial charge in [0.15, 0.2) is 5.69 Å². The number of esters is 1. The number of benzene rings is 1. The maximum absolute atomic E-state index is 12.8. The first-order valence-corrected chi connectivity index (χ1v) is 8.77. The van der Waals surface area contributed by atoms with Crippen LogP contribution in [0.4, 0.5) is 0 Å². The molecule has 1 saturated heterocycles. The number of hydrogen-bond donors (Lipinski definition) is 0. The monoisotopic (exact) mass is 361 g/mol. The van der Waals surface area contributed by atoms with E-state index in [1.807, 2.05) is 12.1 Å². The first-order valence-electron chi connectivity index (χ1n) is 8.39. The van der Waals surface area contributed by atoms with Crippen molar-refractivity contribution in [1.29, 1.82) is 0 Å². The molecule has 0 radical (unpaired) electrons. The highest BCUT2D eigenvalue weighted by molar-refractivity contribution is 6.30. The van der Waals surface area contributed by atoms with Gasteiger partial charge in [-0.15, -0.1) is 0 Å². The zero-order valence-corrected chi connectivity index (χ0v) is 14.8. The summed E-state index contributed by atoms with van der Waals surface area (Å²) >= 11 is 6.00. The lowest BCUT2D eigenvalue weighted by molar-refractivity contribution is -0.149. The molecule has 25 heavy (non-hydrogen) atoms. The molecule has 0 bridgehead atoms.